The zero-order chi connectivity index (χ0) is 19.3. The van der Waals surface area contributed by atoms with Gasteiger partial charge in [0, 0.05) is 23.0 Å². The van der Waals surface area contributed by atoms with Crippen molar-refractivity contribution in [2.75, 3.05) is 5.73 Å². The van der Waals surface area contributed by atoms with Crippen molar-refractivity contribution < 1.29 is 23.1 Å². The minimum Gasteiger partial charge on any atom is -0.475 e. The Kier molecular flexibility index (Phi) is 5.61. The summed E-state index contributed by atoms with van der Waals surface area (Å²) in [6, 6.07) is 14.0. The zero-order valence-electron chi connectivity index (χ0n) is 13.6. The summed E-state index contributed by atoms with van der Waals surface area (Å²) < 4.78 is 31.7. The molecule has 0 aliphatic carbocycles. The van der Waals surface area contributed by atoms with E-state index in [4.69, 9.17) is 15.6 Å². The molecule has 0 aliphatic heterocycles. The van der Waals surface area contributed by atoms with E-state index in [1.54, 1.807) is 6.20 Å². The summed E-state index contributed by atoms with van der Waals surface area (Å²) >= 11 is 0. The molecule has 3 aromatic rings. The SMILES string of the molecule is Cc1nc(N)ccc1-c1cccc(-c2ccn[nH]2)c1.O=C(O)C(F)(F)F. The molecule has 0 bridgehead atoms. The summed E-state index contributed by atoms with van der Waals surface area (Å²) in [5.74, 6) is -2.21. The summed E-state index contributed by atoms with van der Waals surface area (Å²) in [5.41, 5.74) is 10.9. The second kappa shape index (κ2) is 7.68. The number of H-pyrrole nitrogens is 1. The van der Waals surface area contributed by atoms with E-state index in [9.17, 15) is 13.2 Å². The van der Waals surface area contributed by atoms with Gasteiger partial charge in [-0.2, -0.15) is 18.3 Å². The summed E-state index contributed by atoms with van der Waals surface area (Å²) in [4.78, 5) is 13.2. The van der Waals surface area contributed by atoms with Crippen LogP contribution in [0.4, 0.5) is 19.0 Å². The van der Waals surface area contributed by atoms with E-state index in [0.29, 0.717) is 5.82 Å². The fourth-order valence-electron chi connectivity index (χ4n) is 2.16. The van der Waals surface area contributed by atoms with Gasteiger partial charge in [0.15, 0.2) is 0 Å². The monoisotopic (exact) mass is 364 g/mol. The highest BCUT2D eigenvalue weighted by atomic mass is 19.4. The van der Waals surface area contributed by atoms with Crippen LogP contribution < -0.4 is 5.73 Å². The number of aliphatic carboxylic acids is 1. The Hall–Kier alpha value is -3.36. The van der Waals surface area contributed by atoms with E-state index in [-0.39, 0.29) is 0 Å². The molecular formula is C17H15F3N4O2. The van der Waals surface area contributed by atoms with Gasteiger partial charge in [0.25, 0.3) is 0 Å². The number of nitrogen functional groups attached to an aromatic ring is 1. The van der Waals surface area contributed by atoms with Crippen LogP contribution in [0.1, 0.15) is 5.69 Å². The predicted molar refractivity (Wildman–Crippen MR) is 90.1 cm³/mol. The number of alkyl halides is 3. The molecule has 0 saturated carbocycles. The van der Waals surface area contributed by atoms with E-state index >= 15 is 0 Å². The molecular weight excluding hydrogens is 349 g/mol. The van der Waals surface area contributed by atoms with Gasteiger partial charge in [0.2, 0.25) is 0 Å². The number of halogens is 3. The number of aromatic amines is 1. The number of nitrogens with zero attached hydrogens (tertiary/aromatic N) is 2. The van der Waals surface area contributed by atoms with Crippen molar-refractivity contribution >= 4 is 11.8 Å². The van der Waals surface area contributed by atoms with Crippen molar-refractivity contribution in [2.24, 2.45) is 0 Å². The first-order chi connectivity index (χ1) is 12.2. The lowest BCUT2D eigenvalue weighted by molar-refractivity contribution is -0.192. The van der Waals surface area contributed by atoms with Gasteiger partial charge in [-0.3, -0.25) is 5.10 Å². The number of hydrogen-bond donors (Lipinski definition) is 3. The van der Waals surface area contributed by atoms with Crippen molar-refractivity contribution in [3.05, 3.63) is 54.4 Å². The maximum absolute atomic E-state index is 10.6. The average molecular weight is 364 g/mol. The molecule has 0 fully saturated rings. The molecule has 0 unspecified atom stereocenters. The zero-order valence-corrected chi connectivity index (χ0v) is 13.6. The number of aromatic nitrogens is 3. The minimum absolute atomic E-state index is 0.547. The van der Waals surface area contributed by atoms with Crippen LogP contribution >= 0.6 is 0 Å². The number of hydrogen-bond acceptors (Lipinski definition) is 4. The summed E-state index contributed by atoms with van der Waals surface area (Å²) in [7, 11) is 0. The highest BCUT2D eigenvalue weighted by Crippen LogP contribution is 2.27. The highest BCUT2D eigenvalue weighted by Gasteiger charge is 2.38. The van der Waals surface area contributed by atoms with Crippen molar-refractivity contribution in [2.45, 2.75) is 13.1 Å². The van der Waals surface area contributed by atoms with Crippen LogP contribution in [0.25, 0.3) is 22.4 Å². The quantitative estimate of drug-likeness (QED) is 0.644. The van der Waals surface area contributed by atoms with Crippen molar-refractivity contribution in [3.8, 4) is 22.4 Å². The number of benzene rings is 1. The first-order valence-electron chi connectivity index (χ1n) is 7.32. The molecule has 26 heavy (non-hydrogen) atoms. The van der Waals surface area contributed by atoms with E-state index in [1.807, 2.05) is 31.2 Å². The highest BCUT2D eigenvalue weighted by molar-refractivity contribution is 5.73. The van der Waals surface area contributed by atoms with Crippen LogP contribution in [0.2, 0.25) is 0 Å². The smallest absolute Gasteiger partial charge is 0.475 e. The molecule has 0 radical (unpaired) electrons. The molecule has 2 heterocycles. The standard InChI is InChI=1S/C15H14N4.C2HF3O2/c1-10-13(5-6-15(16)18-10)11-3-2-4-12(9-11)14-7-8-17-19-14;3-2(4,5)1(6)7/h2-9H,1H3,(H2,16,18)(H,17,19);(H,6,7). The van der Waals surface area contributed by atoms with Crippen LogP contribution in [-0.4, -0.2) is 32.4 Å². The van der Waals surface area contributed by atoms with E-state index in [0.717, 1.165) is 28.1 Å². The third-order valence-electron chi connectivity index (χ3n) is 3.34. The number of carboxylic acids is 1. The lowest BCUT2D eigenvalue weighted by atomic mass is 10.0. The van der Waals surface area contributed by atoms with Crippen molar-refractivity contribution in [1.29, 1.82) is 0 Å². The van der Waals surface area contributed by atoms with E-state index < -0.39 is 12.1 Å². The van der Waals surface area contributed by atoms with Gasteiger partial charge in [-0.15, -0.1) is 0 Å². The molecule has 136 valence electrons. The molecule has 0 amide bonds. The normalized spacial score (nSPS) is 10.8. The van der Waals surface area contributed by atoms with Crippen LogP contribution in [0.5, 0.6) is 0 Å². The molecule has 9 heteroatoms. The van der Waals surface area contributed by atoms with Crippen molar-refractivity contribution in [3.63, 3.8) is 0 Å². The number of pyridine rings is 1. The van der Waals surface area contributed by atoms with Gasteiger partial charge >= 0.3 is 12.1 Å². The second-order valence-corrected chi connectivity index (χ2v) is 5.22. The largest absolute Gasteiger partial charge is 0.490 e. The van der Waals surface area contributed by atoms with Crippen LogP contribution in [-0.2, 0) is 4.79 Å². The first kappa shape index (κ1) is 19.0. The fourth-order valence-corrected chi connectivity index (χ4v) is 2.16. The number of nitrogens with one attached hydrogen (secondary N) is 1. The Labute approximate surface area is 146 Å². The van der Waals surface area contributed by atoms with Gasteiger partial charge in [0.1, 0.15) is 5.82 Å². The van der Waals surface area contributed by atoms with Gasteiger partial charge in [-0.1, -0.05) is 18.2 Å². The third kappa shape index (κ3) is 4.82. The molecule has 6 nitrogen and oxygen atoms in total. The topological polar surface area (TPSA) is 105 Å². The lowest BCUT2D eigenvalue weighted by Crippen LogP contribution is -2.21. The van der Waals surface area contributed by atoms with E-state index in [2.05, 4.69) is 33.4 Å². The summed E-state index contributed by atoms with van der Waals surface area (Å²) in [5, 5.41) is 14.1. The molecule has 0 aliphatic rings. The van der Waals surface area contributed by atoms with Crippen LogP contribution in [0, 0.1) is 6.92 Å². The molecule has 3 rings (SSSR count). The Morgan fingerprint density at radius 1 is 1.15 bits per heavy atom. The molecule has 1 aromatic carbocycles. The molecule has 0 spiro atoms. The number of anilines is 1. The van der Waals surface area contributed by atoms with Gasteiger partial charge in [-0.25, -0.2) is 9.78 Å². The van der Waals surface area contributed by atoms with Gasteiger partial charge in [0.05, 0.1) is 5.69 Å². The molecule has 2 aromatic heterocycles. The first-order valence-corrected chi connectivity index (χ1v) is 7.32. The molecule has 0 atom stereocenters. The Balaban J connectivity index is 0.000000298. The lowest BCUT2D eigenvalue weighted by Gasteiger charge is -2.07. The molecule has 4 N–H and O–H groups in total. The maximum atomic E-state index is 10.6. The number of nitrogens with two attached hydrogens (primary N) is 1. The number of rotatable bonds is 2. The Bertz CT molecular complexity index is 893. The van der Waals surface area contributed by atoms with E-state index in [1.165, 1.54) is 0 Å². The molecule has 0 saturated heterocycles. The summed E-state index contributed by atoms with van der Waals surface area (Å²) in [6.45, 7) is 1.97. The maximum Gasteiger partial charge on any atom is 0.490 e. The van der Waals surface area contributed by atoms with Gasteiger partial charge in [-0.05, 0) is 36.8 Å². The average Bonchev–Trinajstić information content (AvgIpc) is 3.09. The predicted octanol–water partition coefficient (Wildman–Crippen LogP) is 3.66. The Morgan fingerprint density at radius 2 is 1.81 bits per heavy atom. The number of carbonyl (C=O) groups is 1. The Morgan fingerprint density at radius 3 is 2.35 bits per heavy atom. The fraction of sp³-hybridized carbons (Fsp3) is 0.118. The van der Waals surface area contributed by atoms with Crippen LogP contribution in [0.3, 0.4) is 0 Å². The summed E-state index contributed by atoms with van der Waals surface area (Å²) in [6.07, 6.45) is -3.34. The third-order valence-corrected chi connectivity index (χ3v) is 3.34. The van der Waals surface area contributed by atoms with Crippen LogP contribution in [0.15, 0.2) is 48.7 Å². The number of carboxylic acid groups (broad SMARTS) is 1. The minimum atomic E-state index is -5.08. The van der Waals surface area contributed by atoms with Crippen molar-refractivity contribution in [1.82, 2.24) is 15.2 Å². The second-order valence-electron chi connectivity index (χ2n) is 5.22. The van der Waals surface area contributed by atoms with Gasteiger partial charge < -0.3 is 10.8 Å². The number of aryl methyl sites for hydroxylation is 1.